The molecule has 1 atom stereocenters. The molecule has 0 spiro atoms. The minimum Gasteiger partial charge on any atom is -0.369 e. The molecule has 3 heterocycles. The van der Waals surface area contributed by atoms with E-state index in [1.807, 2.05) is 23.9 Å². The van der Waals surface area contributed by atoms with Gasteiger partial charge in [0.2, 0.25) is 0 Å². The fourth-order valence-electron chi connectivity index (χ4n) is 4.11. The molecule has 1 saturated heterocycles. The van der Waals surface area contributed by atoms with Gasteiger partial charge in [0.15, 0.2) is 5.79 Å². The highest BCUT2D eigenvalue weighted by molar-refractivity contribution is 8.01. The number of hydrogen-bond donors (Lipinski definition) is 0. The summed E-state index contributed by atoms with van der Waals surface area (Å²) >= 11 is 3.75. The smallest absolute Gasteiger partial charge is 0.197 e. The molecule has 0 N–H and O–H groups in total. The molecule has 4 nitrogen and oxygen atoms in total. The van der Waals surface area contributed by atoms with Gasteiger partial charge >= 0.3 is 0 Å². The predicted octanol–water partition coefficient (Wildman–Crippen LogP) is 4.41. The summed E-state index contributed by atoms with van der Waals surface area (Å²) in [4.78, 5) is 4.87. The van der Waals surface area contributed by atoms with Gasteiger partial charge in [0.1, 0.15) is 5.82 Å². The van der Waals surface area contributed by atoms with Crippen LogP contribution in [0.25, 0.3) is 0 Å². The molecule has 152 valence electrons. The average Bonchev–Trinajstić information content (AvgIpc) is 3.22. The molecular weight excluding hydrogens is 395 g/mol. The highest BCUT2D eigenvalue weighted by Gasteiger charge is 2.42. The van der Waals surface area contributed by atoms with Crippen LogP contribution in [-0.2, 0) is 15.3 Å². The quantitative estimate of drug-likeness (QED) is 0.642. The third-order valence-corrected chi connectivity index (χ3v) is 8.25. The number of thioether (sulfide) groups is 1. The maximum atomic E-state index is 13.1. The first kappa shape index (κ1) is 20.2. The Morgan fingerprint density at radius 3 is 2.46 bits per heavy atom. The van der Waals surface area contributed by atoms with Crippen LogP contribution in [0.3, 0.4) is 0 Å². The largest absolute Gasteiger partial charge is 0.369 e. The van der Waals surface area contributed by atoms with Gasteiger partial charge < -0.3 is 14.4 Å². The van der Waals surface area contributed by atoms with Gasteiger partial charge in [-0.3, -0.25) is 4.90 Å². The Hall–Kier alpha value is -1.12. The molecule has 0 amide bonds. The molecule has 0 saturated carbocycles. The third-order valence-electron chi connectivity index (χ3n) is 5.80. The number of hydrogen-bond acceptors (Lipinski definition) is 6. The molecule has 1 aromatic carbocycles. The van der Waals surface area contributed by atoms with Crippen LogP contribution in [0.1, 0.15) is 18.4 Å². The molecule has 1 unspecified atom stereocenters. The van der Waals surface area contributed by atoms with Crippen molar-refractivity contribution in [3.05, 3.63) is 47.1 Å². The van der Waals surface area contributed by atoms with Crippen molar-refractivity contribution < 1.29 is 13.9 Å². The first-order valence-corrected chi connectivity index (χ1v) is 11.5. The van der Waals surface area contributed by atoms with E-state index in [4.69, 9.17) is 9.47 Å². The van der Waals surface area contributed by atoms with Crippen molar-refractivity contribution in [2.24, 2.45) is 0 Å². The van der Waals surface area contributed by atoms with Gasteiger partial charge in [0, 0.05) is 63.3 Å². The minimum atomic E-state index is -0.605. The lowest BCUT2D eigenvalue weighted by atomic mass is 10.0. The molecule has 2 aliphatic heterocycles. The minimum absolute atomic E-state index is 0.176. The third kappa shape index (κ3) is 4.09. The average molecular weight is 423 g/mol. The van der Waals surface area contributed by atoms with Crippen LogP contribution in [0.15, 0.2) is 39.9 Å². The van der Waals surface area contributed by atoms with E-state index in [1.165, 1.54) is 9.77 Å². The zero-order chi connectivity index (χ0) is 19.6. The highest BCUT2D eigenvalue weighted by Crippen LogP contribution is 2.49. The Bertz CT molecular complexity index is 771. The number of nitrogens with zero attached hydrogens (tertiary/aromatic N) is 2. The van der Waals surface area contributed by atoms with Crippen molar-refractivity contribution >= 4 is 28.8 Å². The molecule has 4 rings (SSSR count). The summed E-state index contributed by atoms with van der Waals surface area (Å²) in [5.74, 6) is -0.781. The van der Waals surface area contributed by atoms with Gasteiger partial charge in [-0.25, -0.2) is 4.39 Å². The second kappa shape index (κ2) is 8.71. The summed E-state index contributed by atoms with van der Waals surface area (Å²) in [6, 6.07) is 8.96. The number of thiophene rings is 1. The fourth-order valence-corrected chi connectivity index (χ4v) is 6.77. The molecule has 7 heteroatoms. The van der Waals surface area contributed by atoms with E-state index in [9.17, 15) is 4.39 Å². The lowest BCUT2D eigenvalue weighted by Gasteiger charge is -2.40. The van der Waals surface area contributed by atoms with Crippen LogP contribution in [0.5, 0.6) is 0 Å². The van der Waals surface area contributed by atoms with Gasteiger partial charge in [-0.05, 0) is 48.7 Å². The Kier molecular flexibility index (Phi) is 6.27. The number of fused-ring (bicyclic) bond motifs is 1. The van der Waals surface area contributed by atoms with Crippen LogP contribution < -0.4 is 4.90 Å². The summed E-state index contributed by atoms with van der Waals surface area (Å²) in [6.45, 7) is 5.13. The standard InChI is InChI=1S/C21H27FN2O2S2/c1-25-21(26-2)15-18(28-20-19(21)8-14-27-20)7-9-23-10-12-24(13-11-23)17-5-3-16(22)4-6-17/h3-6,8,14,18H,7,9-13,15H2,1-2H3. The zero-order valence-electron chi connectivity index (χ0n) is 16.4. The molecule has 0 aliphatic carbocycles. The van der Waals surface area contributed by atoms with E-state index in [-0.39, 0.29) is 5.82 Å². The van der Waals surface area contributed by atoms with Crippen molar-refractivity contribution in [2.75, 3.05) is 51.8 Å². The molecule has 2 aromatic rings. The van der Waals surface area contributed by atoms with E-state index in [0.29, 0.717) is 5.25 Å². The molecule has 28 heavy (non-hydrogen) atoms. The number of rotatable bonds is 6. The first-order valence-electron chi connectivity index (χ1n) is 9.71. The Morgan fingerprint density at radius 2 is 1.79 bits per heavy atom. The second-order valence-electron chi connectivity index (χ2n) is 7.32. The van der Waals surface area contributed by atoms with Gasteiger partial charge in [-0.2, -0.15) is 0 Å². The molecular formula is C21H27FN2O2S2. The summed E-state index contributed by atoms with van der Waals surface area (Å²) in [6.07, 6.45) is 2.00. The Morgan fingerprint density at radius 1 is 1.07 bits per heavy atom. The second-order valence-corrected chi connectivity index (χ2v) is 9.81. The van der Waals surface area contributed by atoms with Crippen LogP contribution in [0.2, 0.25) is 0 Å². The van der Waals surface area contributed by atoms with Crippen molar-refractivity contribution in [2.45, 2.75) is 28.1 Å². The molecule has 2 aliphatic rings. The number of ether oxygens (including phenoxy) is 2. The highest BCUT2D eigenvalue weighted by atomic mass is 32.2. The maximum Gasteiger partial charge on any atom is 0.197 e. The van der Waals surface area contributed by atoms with Crippen LogP contribution in [0, 0.1) is 5.82 Å². The number of methoxy groups -OCH3 is 2. The van der Waals surface area contributed by atoms with Gasteiger partial charge in [0.25, 0.3) is 0 Å². The van der Waals surface area contributed by atoms with Gasteiger partial charge in [0.05, 0.1) is 4.21 Å². The molecule has 1 fully saturated rings. The summed E-state index contributed by atoms with van der Waals surface area (Å²) in [5, 5.41) is 2.61. The zero-order valence-corrected chi connectivity index (χ0v) is 18.0. The molecule has 1 aromatic heterocycles. The lowest BCUT2D eigenvalue weighted by Crippen LogP contribution is -2.47. The van der Waals surface area contributed by atoms with Crippen molar-refractivity contribution in [1.82, 2.24) is 4.90 Å². The van der Waals surface area contributed by atoms with E-state index < -0.39 is 5.79 Å². The Balaban J connectivity index is 1.30. The Labute approximate surface area is 174 Å². The van der Waals surface area contributed by atoms with Crippen LogP contribution >= 0.6 is 23.1 Å². The number of anilines is 1. The van der Waals surface area contributed by atoms with Crippen LogP contribution in [-0.4, -0.2) is 57.1 Å². The van der Waals surface area contributed by atoms with E-state index >= 15 is 0 Å². The van der Waals surface area contributed by atoms with Crippen molar-refractivity contribution in [3.8, 4) is 0 Å². The van der Waals surface area contributed by atoms with E-state index in [2.05, 4.69) is 21.2 Å². The summed E-state index contributed by atoms with van der Waals surface area (Å²) in [7, 11) is 3.49. The van der Waals surface area contributed by atoms with Crippen LogP contribution in [0.4, 0.5) is 10.1 Å². The molecule has 0 radical (unpaired) electrons. The van der Waals surface area contributed by atoms with Crippen molar-refractivity contribution in [1.29, 1.82) is 0 Å². The number of halogens is 1. The predicted molar refractivity (Wildman–Crippen MR) is 114 cm³/mol. The van der Waals surface area contributed by atoms with Gasteiger partial charge in [-0.15, -0.1) is 23.1 Å². The fraction of sp³-hybridized carbons (Fsp3) is 0.524. The first-order chi connectivity index (χ1) is 13.6. The van der Waals surface area contributed by atoms with Crippen molar-refractivity contribution in [3.63, 3.8) is 0 Å². The topological polar surface area (TPSA) is 24.9 Å². The number of benzene rings is 1. The normalized spacial score (nSPS) is 22.2. The SMILES string of the molecule is COC1(OC)CC(CCN2CCN(c3ccc(F)cc3)CC2)Sc2sccc21. The van der Waals surface area contributed by atoms with Gasteiger partial charge in [-0.1, -0.05) is 0 Å². The van der Waals surface area contributed by atoms with E-state index in [1.54, 1.807) is 37.7 Å². The molecule has 0 bridgehead atoms. The maximum absolute atomic E-state index is 13.1. The number of piperazine rings is 1. The monoisotopic (exact) mass is 422 g/mol. The van der Waals surface area contributed by atoms with E-state index in [0.717, 1.165) is 51.3 Å². The lowest BCUT2D eigenvalue weighted by molar-refractivity contribution is -0.222. The summed E-state index contributed by atoms with van der Waals surface area (Å²) < 4.78 is 26.1. The summed E-state index contributed by atoms with van der Waals surface area (Å²) in [5.41, 5.74) is 2.29.